The molecule has 4 rings (SSSR count). The lowest BCUT2D eigenvalue weighted by Gasteiger charge is -2.36. The van der Waals surface area contributed by atoms with Gasteiger partial charge >= 0.3 is 0 Å². The molecule has 2 unspecified atom stereocenters. The van der Waals surface area contributed by atoms with Gasteiger partial charge in [0.2, 0.25) is 0 Å². The summed E-state index contributed by atoms with van der Waals surface area (Å²) >= 11 is 6.55. The molecular weight excluding hydrogens is 420 g/mol. The number of fused-ring (bicyclic) bond motifs is 1. The Morgan fingerprint density at radius 3 is 2.63 bits per heavy atom. The van der Waals surface area contributed by atoms with Crippen molar-refractivity contribution >= 4 is 51.7 Å². The highest BCUT2D eigenvalue weighted by Crippen LogP contribution is 2.33. The van der Waals surface area contributed by atoms with Gasteiger partial charge in [0.05, 0.1) is 22.7 Å². The van der Waals surface area contributed by atoms with Crippen molar-refractivity contribution in [1.82, 2.24) is 14.3 Å². The largest absolute Gasteiger partial charge is 0.372 e. The summed E-state index contributed by atoms with van der Waals surface area (Å²) in [7, 11) is 0. The zero-order chi connectivity index (χ0) is 21.6. The predicted molar refractivity (Wildman–Crippen MR) is 124 cm³/mol. The third-order valence-electron chi connectivity index (χ3n) is 5.25. The van der Waals surface area contributed by atoms with Crippen LogP contribution in [-0.4, -0.2) is 56.4 Å². The van der Waals surface area contributed by atoms with E-state index in [9.17, 15) is 9.59 Å². The molecule has 2 aromatic rings. The molecule has 0 aromatic carbocycles. The summed E-state index contributed by atoms with van der Waals surface area (Å²) in [6.45, 7) is 9.57. The molecule has 2 aliphatic rings. The highest BCUT2D eigenvalue weighted by molar-refractivity contribution is 8.26. The van der Waals surface area contributed by atoms with Crippen LogP contribution in [0.5, 0.6) is 0 Å². The Hall–Kier alpha value is -2.23. The zero-order valence-electron chi connectivity index (χ0n) is 17.4. The topological polar surface area (TPSA) is 67.2 Å². The molecule has 4 heterocycles. The van der Waals surface area contributed by atoms with Gasteiger partial charge in [0.1, 0.15) is 15.8 Å². The Morgan fingerprint density at radius 2 is 2.00 bits per heavy atom. The number of pyridine rings is 1. The van der Waals surface area contributed by atoms with Crippen LogP contribution >= 0.6 is 24.0 Å². The van der Waals surface area contributed by atoms with E-state index in [0.717, 1.165) is 5.56 Å². The first-order valence-corrected chi connectivity index (χ1v) is 11.2. The molecule has 0 saturated carbocycles. The summed E-state index contributed by atoms with van der Waals surface area (Å²) < 4.78 is 7.91. The average Bonchev–Trinajstić information content (AvgIpc) is 2.96. The summed E-state index contributed by atoms with van der Waals surface area (Å²) in [5, 5.41) is 0. The van der Waals surface area contributed by atoms with E-state index < -0.39 is 0 Å². The van der Waals surface area contributed by atoms with Crippen LogP contribution in [0.3, 0.4) is 0 Å². The molecular formula is C21H24N4O3S2. The first-order chi connectivity index (χ1) is 14.3. The molecule has 158 valence electrons. The van der Waals surface area contributed by atoms with Crippen LogP contribution < -0.4 is 10.5 Å². The lowest BCUT2D eigenvalue weighted by Crippen LogP contribution is -2.46. The van der Waals surface area contributed by atoms with E-state index in [1.807, 2.05) is 39.8 Å². The maximum atomic E-state index is 13.5. The van der Waals surface area contributed by atoms with Crippen molar-refractivity contribution in [3.63, 3.8) is 0 Å². The summed E-state index contributed by atoms with van der Waals surface area (Å²) in [5.41, 5.74) is 1.72. The quantitative estimate of drug-likeness (QED) is 0.533. The number of amides is 1. The normalized spacial score (nSPS) is 23.8. The van der Waals surface area contributed by atoms with Gasteiger partial charge in [-0.25, -0.2) is 4.98 Å². The Morgan fingerprint density at radius 1 is 1.30 bits per heavy atom. The van der Waals surface area contributed by atoms with Crippen molar-refractivity contribution in [2.45, 2.75) is 39.9 Å². The van der Waals surface area contributed by atoms with Crippen molar-refractivity contribution in [3.05, 3.63) is 44.7 Å². The number of aromatic nitrogens is 2. The van der Waals surface area contributed by atoms with E-state index in [0.29, 0.717) is 45.9 Å². The Labute approximate surface area is 184 Å². The number of anilines is 1. The SMILES string of the molecule is CCN1C(=O)/C(=C/c2c(N3CC(C)OC(C)C3)nc3c(C)cccn3c2=O)SC1=S. The molecule has 1 amide bonds. The van der Waals surface area contributed by atoms with Crippen LogP contribution in [0.2, 0.25) is 0 Å². The van der Waals surface area contributed by atoms with Crippen molar-refractivity contribution in [3.8, 4) is 0 Å². The van der Waals surface area contributed by atoms with Crippen LogP contribution in [0.4, 0.5) is 5.82 Å². The second kappa shape index (κ2) is 8.13. The first kappa shape index (κ1) is 21.0. The molecule has 0 spiro atoms. The van der Waals surface area contributed by atoms with Crippen molar-refractivity contribution < 1.29 is 9.53 Å². The number of morpholine rings is 1. The Bertz CT molecular complexity index is 1120. The Balaban J connectivity index is 1.92. The van der Waals surface area contributed by atoms with Crippen molar-refractivity contribution in [2.24, 2.45) is 0 Å². The van der Waals surface area contributed by atoms with E-state index in [2.05, 4.69) is 4.90 Å². The smallest absolute Gasteiger partial charge is 0.267 e. The predicted octanol–water partition coefficient (Wildman–Crippen LogP) is 2.84. The van der Waals surface area contributed by atoms with Gasteiger partial charge in [-0.1, -0.05) is 30.0 Å². The van der Waals surface area contributed by atoms with E-state index in [1.165, 1.54) is 11.8 Å². The first-order valence-electron chi connectivity index (χ1n) is 9.98. The second-order valence-corrected chi connectivity index (χ2v) is 9.30. The molecule has 0 radical (unpaired) electrons. The summed E-state index contributed by atoms with van der Waals surface area (Å²) in [5.74, 6) is 0.411. The molecule has 0 N–H and O–H groups in total. The average molecular weight is 445 g/mol. The number of hydrogen-bond donors (Lipinski definition) is 0. The maximum absolute atomic E-state index is 13.5. The van der Waals surface area contributed by atoms with Gasteiger partial charge in [-0.05, 0) is 45.4 Å². The summed E-state index contributed by atoms with van der Waals surface area (Å²) in [6.07, 6.45) is 3.38. The van der Waals surface area contributed by atoms with E-state index in [-0.39, 0.29) is 23.7 Å². The maximum Gasteiger partial charge on any atom is 0.267 e. The number of thiocarbonyl (C=S) groups is 1. The number of rotatable bonds is 3. The molecule has 0 bridgehead atoms. The number of likely N-dealkylation sites (N-methyl/N-ethyl adjacent to an activating group) is 1. The lowest BCUT2D eigenvalue weighted by atomic mass is 10.1. The molecule has 2 saturated heterocycles. The molecule has 30 heavy (non-hydrogen) atoms. The van der Waals surface area contributed by atoms with Gasteiger partial charge < -0.3 is 9.64 Å². The standard InChI is InChI=1S/C21H24N4O3S2/c1-5-24-20(27)16(30-21(24)29)9-15-18(23-10-13(3)28-14(4)11-23)22-17-12(2)7-6-8-25(17)19(15)26/h6-9,13-14H,5,10-11H2,1-4H3/b16-9-. The van der Waals surface area contributed by atoms with Crippen LogP contribution in [0.1, 0.15) is 31.9 Å². The van der Waals surface area contributed by atoms with Crippen LogP contribution in [0.25, 0.3) is 11.7 Å². The molecule has 7 nitrogen and oxygen atoms in total. The molecule has 9 heteroatoms. The van der Waals surface area contributed by atoms with Gasteiger partial charge in [-0.15, -0.1) is 0 Å². The third kappa shape index (κ3) is 3.66. The minimum atomic E-state index is -0.202. The monoisotopic (exact) mass is 444 g/mol. The number of ether oxygens (including phenoxy) is 1. The lowest BCUT2D eigenvalue weighted by molar-refractivity contribution is -0.121. The number of hydrogen-bond acceptors (Lipinski definition) is 7. The molecule has 2 aliphatic heterocycles. The number of aryl methyl sites for hydroxylation is 1. The number of carbonyl (C=O) groups is 1. The van der Waals surface area contributed by atoms with Crippen LogP contribution in [0.15, 0.2) is 28.0 Å². The number of thioether (sulfide) groups is 1. The number of carbonyl (C=O) groups excluding carboxylic acids is 1. The fourth-order valence-corrected chi connectivity index (χ4v) is 5.29. The second-order valence-electron chi connectivity index (χ2n) is 7.63. The molecule has 2 fully saturated rings. The fraction of sp³-hybridized carbons (Fsp3) is 0.429. The third-order valence-corrected chi connectivity index (χ3v) is 6.63. The highest BCUT2D eigenvalue weighted by atomic mass is 32.2. The number of nitrogens with zero attached hydrogens (tertiary/aromatic N) is 4. The van der Waals surface area contributed by atoms with Crippen LogP contribution in [0, 0.1) is 6.92 Å². The van der Waals surface area contributed by atoms with Gasteiger partial charge in [-0.2, -0.15) is 0 Å². The fourth-order valence-electron chi connectivity index (χ4n) is 3.92. The molecule has 2 aromatic heterocycles. The van der Waals surface area contributed by atoms with Crippen LogP contribution in [-0.2, 0) is 9.53 Å². The van der Waals surface area contributed by atoms with Gasteiger partial charge in [-0.3, -0.25) is 18.9 Å². The minimum absolute atomic E-state index is 0.0111. The van der Waals surface area contributed by atoms with E-state index in [1.54, 1.807) is 21.6 Å². The molecule has 2 atom stereocenters. The van der Waals surface area contributed by atoms with Gasteiger partial charge in [0.15, 0.2) is 0 Å². The minimum Gasteiger partial charge on any atom is -0.372 e. The van der Waals surface area contributed by atoms with E-state index in [4.69, 9.17) is 21.9 Å². The van der Waals surface area contributed by atoms with Crippen molar-refractivity contribution in [1.29, 1.82) is 0 Å². The zero-order valence-corrected chi connectivity index (χ0v) is 19.0. The van der Waals surface area contributed by atoms with Gasteiger partial charge in [0.25, 0.3) is 11.5 Å². The van der Waals surface area contributed by atoms with Gasteiger partial charge in [0, 0.05) is 25.8 Å². The summed E-state index contributed by atoms with van der Waals surface area (Å²) in [4.78, 5) is 35.2. The molecule has 0 aliphatic carbocycles. The summed E-state index contributed by atoms with van der Waals surface area (Å²) in [6, 6.07) is 3.76. The Kier molecular flexibility index (Phi) is 5.69. The van der Waals surface area contributed by atoms with E-state index >= 15 is 0 Å². The highest BCUT2D eigenvalue weighted by Gasteiger charge is 2.32. The van der Waals surface area contributed by atoms with Crippen molar-refractivity contribution in [2.75, 3.05) is 24.5 Å².